The number of carbonyl (C=O) groups is 1. The summed E-state index contributed by atoms with van der Waals surface area (Å²) >= 11 is 0. The van der Waals surface area contributed by atoms with Crippen molar-refractivity contribution in [2.75, 3.05) is 56.2 Å². The van der Waals surface area contributed by atoms with Gasteiger partial charge in [-0.15, -0.1) is 0 Å². The normalized spacial score (nSPS) is 23.3. The van der Waals surface area contributed by atoms with Gasteiger partial charge in [0.1, 0.15) is 5.60 Å². The minimum absolute atomic E-state index is 0.191. The molecule has 1 unspecified atom stereocenters. The first-order chi connectivity index (χ1) is 17.7. The van der Waals surface area contributed by atoms with Gasteiger partial charge in [-0.3, -0.25) is 0 Å². The quantitative estimate of drug-likeness (QED) is 0.417. The Bertz CT molecular complexity index is 889. The minimum atomic E-state index is -0.458. The Morgan fingerprint density at radius 2 is 1.65 bits per heavy atom. The summed E-state index contributed by atoms with van der Waals surface area (Å²) in [6, 6.07) is 7.19. The van der Waals surface area contributed by atoms with Gasteiger partial charge in [0.2, 0.25) is 0 Å². The molecule has 0 N–H and O–H groups in total. The summed E-state index contributed by atoms with van der Waals surface area (Å²) < 4.78 is 11.4. The standard InChI is InChI=1S/C31H51N3O3/c1-7-31(8-2)15-13-24(14-16-31)27-22-25(34-17-9-10-26(23-34)36-6)11-12-28(27)32-18-20-33(21-19-32)29(35)37-30(3,4)5/h11-12,22,24,26H,7-10,13-21,23H2,1-6H3. The molecule has 1 atom stereocenters. The Labute approximate surface area is 225 Å². The second kappa shape index (κ2) is 11.8. The molecule has 1 amide bonds. The number of ether oxygens (including phenoxy) is 2. The number of piperazine rings is 1. The molecule has 0 spiro atoms. The molecule has 0 bridgehead atoms. The third-order valence-electron chi connectivity index (χ3n) is 9.35. The van der Waals surface area contributed by atoms with Crippen LogP contribution < -0.4 is 9.80 Å². The van der Waals surface area contributed by atoms with Crippen molar-refractivity contribution < 1.29 is 14.3 Å². The van der Waals surface area contributed by atoms with Crippen LogP contribution in [0.5, 0.6) is 0 Å². The molecule has 1 aromatic rings. The van der Waals surface area contributed by atoms with Gasteiger partial charge in [-0.25, -0.2) is 4.79 Å². The number of hydrogen-bond acceptors (Lipinski definition) is 5. The van der Waals surface area contributed by atoms with E-state index in [0.29, 0.717) is 30.5 Å². The lowest BCUT2D eigenvalue weighted by Crippen LogP contribution is -2.50. The van der Waals surface area contributed by atoms with Crippen LogP contribution in [0.2, 0.25) is 0 Å². The molecule has 3 aliphatic rings. The summed E-state index contributed by atoms with van der Waals surface area (Å²) in [5, 5.41) is 0. The molecule has 2 aliphatic heterocycles. The molecule has 1 saturated carbocycles. The average Bonchev–Trinajstić information content (AvgIpc) is 2.92. The van der Waals surface area contributed by atoms with E-state index in [1.807, 2.05) is 32.8 Å². The Balaban J connectivity index is 1.54. The number of nitrogens with zero attached hydrogens (tertiary/aromatic N) is 3. The van der Waals surface area contributed by atoms with E-state index < -0.39 is 5.60 Å². The monoisotopic (exact) mass is 513 g/mol. The maximum atomic E-state index is 12.6. The zero-order valence-electron chi connectivity index (χ0n) is 24.4. The van der Waals surface area contributed by atoms with Crippen LogP contribution in [-0.2, 0) is 9.47 Å². The van der Waals surface area contributed by atoms with E-state index in [-0.39, 0.29) is 6.09 Å². The maximum Gasteiger partial charge on any atom is 0.410 e. The lowest BCUT2D eigenvalue weighted by atomic mass is 9.66. The molecule has 37 heavy (non-hydrogen) atoms. The van der Waals surface area contributed by atoms with Gasteiger partial charge in [0.15, 0.2) is 0 Å². The zero-order chi connectivity index (χ0) is 26.6. The number of benzene rings is 1. The number of carbonyl (C=O) groups excluding carboxylic acids is 1. The zero-order valence-corrected chi connectivity index (χ0v) is 24.4. The fourth-order valence-corrected chi connectivity index (χ4v) is 6.67. The van der Waals surface area contributed by atoms with Crippen LogP contribution in [0.4, 0.5) is 16.2 Å². The fourth-order valence-electron chi connectivity index (χ4n) is 6.67. The topological polar surface area (TPSA) is 45.2 Å². The first-order valence-corrected chi connectivity index (χ1v) is 14.8. The summed E-state index contributed by atoms with van der Waals surface area (Å²) in [5.74, 6) is 0.605. The van der Waals surface area contributed by atoms with Crippen molar-refractivity contribution in [2.45, 2.75) is 104 Å². The second-order valence-electron chi connectivity index (χ2n) is 12.6. The van der Waals surface area contributed by atoms with Crippen molar-refractivity contribution >= 4 is 17.5 Å². The summed E-state index contributed by atoms with van der Waals surface area (Å²) in [5.41, 5.74) is 4.31. The third-order valence-corrected chi connectivity index (χ3v) is 9.35. The first-order valence-electron chi connectivity index (χ1n) is 14.8. The molecule has 0 aromatic heterocycles. The van der Waals surface area contributed by atoms with Crippen molar-refractivity contribution in [3.63, 3.8) is 0 Å². The summed E-state index contributed by atoms with van der Waals surface area (Å²) in [6.45, 7) is 15.7. The predicted octanol–water partition coefficient (Wildman–Crippen LogP) is 6.82. The molecule has 3 fully saturated rings. The number of hydrogen-bond donors (Lipinski definition) is 0. The van der Waals surface area contributed by atoms with Crippen LogP contribution >= 0.6 is 0 Å². The van der Waals surface area contributed by atoms with Crippen molar-refractivity contribution in [2.24, 2.45) is 5.41 Å². The van der Waals surface area contributed by atoms with Gasteiger partial charge >= 0.3 is 6.09 Å². The van der Waals surface area contributed by atoms with Gasteiger partial charge in [-0.05, 0) is 94.4 Å². The van der Waals surface area contributed by atoms with Gasteiger partial charge in [-0.1, -0.05) is 26.7 Å². The number of methoxy groups -OCH3 is 1. The highest BCUT2D eigenvalue weighted by Gasteiger charge is 2.35. The number of amides is 1. The molecule has 0 radical (unpaired) electrons. The van der Waals surface area contributed by atoms with Crippen molar-refractivity contribution in [3.8, 4) is 0 Å². The minimum Gasteiger partial charge on any atom is -0.444 e. The van der Waals surface area contributed by atoms with Gasteiger partial charge in [0.25, 0.3) is 0 Å². The Hall–Kier alpha value is -1.95. The van der Waals surface area contributed by atoms with Crippen LogP contribution in [0.25, 0.3) is 0 Å². The van der Waals surface area contributed by atoms with E-state index in [2.05, 4.69) is 41.8 Å². The fraction of sp³-hybridized carbons (Fsp3) is 0.774. The Morgan fingerprint density at radius 3 is 2.24 bits per heavy atom. The largest absolute Gasteiger partial charge is 0.444 e. The Morgan fingerprint density at radius 1 is 0.973 bits per heavy atom. The highest BCUT2D eigenvalue weighted by atomic mass is 16.6. The lowest BCUT2D eigenvalue weighted by Gasteiger charge is -2.42. The molecule has 2 heterocycles. The molecular weight excluding hydrogens is 462 g/mol. The van der Waals surface area contributed by atoms with Crippen LogP contribution in [-0.4, -0.2) is 69.1 Å². The summed E-state index contributed by atoms with van der Waals surface area (Å²) in [4.78, 5) is 19.5. The van der Waals surface area contributed by atoms with Crippen LogP contribution in [0.15, 0.2) is 18.2 Å². The molecule has 4 rings (SSSR count). The molecule has 6 nitrogen and oxygen atoms in total. The van der Waals surface area contributed by atoms with Gasteiger partial charge < -0.3 is 24.2 Å². The SMILES string of the molecule is CCC1(CC)CCC(c2cc(N3CCCC(OC)C3)ccc2N2CCN(C(=O)OC(C)(C)C)CC2)CC1. The van der Waals surface area contributed by atoms with Crippen LogP contribution in [0.1, 0.15) is 97.5 Å². The molecular formula is C31H51N3O3. The third kappa shape index (κ3) is 6.74. The number of piperidine rings is 1. The van der Waals surface area contributed by atoms with E-state index in [0.717, 1.165) is 32.6 Å². The van der Waals surface area contributed by atoms with Crippen molar-refractivity contribution in [1.82, 2.24) is 4.90 Å². The average molecular weight is 514 g/mol. The van der Waals surface area contributed by atoms with Gasteiger partial charge in [0.05, 0.1) is 6.10 Å². The second-order valence-corrected chi connectivity index (χ2v) is 12.6. The molecule has 2 saturated heterocycles. The smallest absolute Gasteiger partial charge is 0.410 e. The lowest BCUT2D eigenvalue weighted by molar-refractivity contribution is 0.0240. The van der Waals surface area contributed by atoms with E-state index in [4.69, 9.17) is 9.47 Å². The van der Waals surface area contributed by atoms with Gasteiger partial charge in [-0.2, -0.15) is 0 Å². The van der Waals surface area contributed by atoms with Crippen LogP contribution in [0, 0.1) is 5.41 Å². The maximum absolute atomic E-state index is 12.6. The predicted molar refractivity (Wildman–Crippen MR) is 153 cm³/mol. The van der Waals surface area contributed by atoms with E-state index in [1.165, 1.54) is 61.9 Å². The number of anilines is 2. The summed E-state index contributed by atoms with van der Waals surface area (Å²) in [6.07, 6.45) is 10.3. The van der Waals surface area contributed by atoms with E-state index in [1.54, 1.807) is 0 Å². The first kappa shape index (κ1) is 28.1. The van der Waals surface area contributed by atoms with Crippen molar-refractivity contribution in [3.05, 3.63) is 23.8 Å². The van der Waals surface area contributed by atoms with Crippen LogP contribution in [0.3, 0.4) is 0 Å². The highest BCUT2D eigenvalue weighted by Crippen LogP contribution is 2.49. The Kier molecular flexibility index (Phi) is 8.98. The van der Waals surface area contributed by atoms with Crippen molar-refractivity contribution in [1.29, 1.82) is 0 Å². The number of rotatable bonds is 6. The highest BCUT2D eigenvalue weighted by molar-refractivity contribution is 5.69. The van der Waals surface area contributed by atoms with E-state index in [9.17, 15) is 4.79 Å². The molecule has 208 valence electrons. The molecule has 1 aliphatic carbocycles. The van der Waals surface area contributed by atoms with Gasteiger partial charge in [0, 0.05) is 57.8 Å². The van der Waals surface area contributed by atoms with E-state index >= 15 is 0 Å². The summed E-state index contributed by atoms with van der Waals surface area (Å²) in [7, 11) is 1.84. The molecule has 1 aromatic carbocycles. The molecule has 6 heteroatoms.